The van der Waals surface area contributed by atoms with Gasteiger partial charge in [-0.05, 0) is 31.0 Å². The van der Waals surface area contributed by atoms with Crippen LogP contribution in [0.1, 0.15) is 40.9 Å². The van der Waals surface area contributed by atoms with Crippen LogP contribution in [-0.4, -0.2) is 35.4 Å². The largest absolute Gasteiger partial charge is 0.292 e. The fourth-order valence-electron chi connectivity index (χ4n) is 3.49. The van der Waals surface area contributed by atoms with Gasteiger partial charge in [-0.1, -0.05) is 24.3 Å². The van der Waals surface area contributed by atoms with E-state index in [2.05, 4.69) is 25.5 Å². The Hall–Kier alpha value is -3.83. The highest BCUT2D eigenvalue weighted by molar-refractivity contribution is 5.90. The number of carbonyl (C=O) groups excluding carboxylic acids is 1. The van der Waals surface area contributed by atoms with Crippen LogP contribution in [0.25, 0.3) is 11.0 Å². The first-order valence-electron chi connectivity index (χ1n) is 9.91. The number of nitrogens with zero attached hydrogens (tertiary/aromatic N) is 6. The highest BCUT2D eigenvalue weighted by Crippen LogP contribution is 2.32. The van der Waals surface area contributed by atoms with Crippen LogP contribution in [-0.2, 0) is 17.9 Å². The minimum atomic E-state index is -3.05. The molecule has 0 atom stereocenters. The Morgan fingerprint density at radius 2 is 1.85 bits per heavy atom. The lowest BCUT2D eigenvalue weighted by Gasteiger charge is -2.08. The Balaban J connectivity index is 1.54. The van der Waals surface area contributed by atoms with E-state index in [1.54, 1.807) is 4.68 Å². The number of fused-ring (bicyclic) bond motifs is 1. The van der Waals surface area contributed by atoms with E-state index in [4.69, 9.17) is 0 Å². The molecule has 3 aromatic heterocycles. The molecule has 0 spiro atoms. The molecule has 0 unspecified atom stereocenters. The zero-order chi connectivity index (χ0) is 23.7. The average Bonchev–Trinajstić information content (AvgIpc) is 3.32. The maximum absolute atomic E-state index is 13.5. The van der Waals surface area contributed by atoms with Gasteiger partial charge < -0.3 is 0 Å². The van der Waals surface area contributed by atoms with Crippen molar-refractivity contribution in [1.82, 2.24) is 29.5 Å². The van der Waals surface area contributed by atoms with Crippen LogP contribution in [0.4, 0.5) is 23.5 Å². The minimum Gasteiger partial charge on any atom is -0.292 e. The Morgan fingerprint density at radius 1 is 1.09 bits per heavy atom. The first kappa shape index (κ1) is 22.4. The summed E-state index contributed by atoms with van der Waals surface area (Å²) in [5.41, 5.74) is 0.649. The summed E-state index contributed by atoms with van der Waals surface area (Å²) in [6.45, 7) is 3.42. The van der Waals surface area contributed by atoms with Gasteiger partial charge in [0.2, 0.25) is 11.9 Å². The number of pyridine rings is 1. The van der Waals surface area contributed by atoms with Crippen molar-refractivity contribution in [3.8, 4) is 0 Å². The molecule has 3 heterocycles. The van der Waals surface area contributed by atoms with Crippen LogP contribution in [0.15, 0.2) is 36.7 Å². The van der Waals surface area contributed by atoms with E-state index in [1.807, 2.05) is 31.2 Å². The molecule has 33 heavy (non-hydrogen) atoms. The molecule has 0 saturated heterocycles. The number of amides is 1. The van der Waals surface area contributed by atoms with E-state index in [0.717, 1.165) is 15.8 Å². The van der Waals surface area contributed by atoms with Gasteiger partial charge in [-0.2, -0.15) is 5.10 Å². The topological polar surface area (TPSA) is 90.5 Å². The van der Waals surface area contributed by atoms with E-state index < -0.39 is 36.6 Å². The number of anilines is 1. The lowest BCUT2D eigenvalue weighted by molar-refractivity contribution is -0.116. The number of aromatic nitrogens is 6. The van der Waals surface area contributed by atoms with Crippen molar-refractivity contribution in [2.45, 2.75) is 39.8 Å². The summed E-state index contributed by atoms with van der Waals surface area (Å²) in [7, 11) is 0. The third kappa shape index (κ3) is 4.69. The molecule has 1 amide bonds. The van der Waals surface area contributed by atoms with E-state index in [1.165, 1.54) is 13.3 Å². The number of hydrogen-bond acceptors (Lipinski definition) is 5. The maximum Gasteiger partial charge on any atom is 0.280 e. The SMILES string of the molecule is Cc1ccccc1Cn1cnc(NC(=O)Cn2nc(C)c3c(C(F)F)cc(C(F)F)nc32)n1. The number of aryl methyl sites for hydroxylation is 2. The van der Waals surface area contributed by atoms with Gasteiger partial charge >= 0.3 is 0 Å². The highest BCUT2D eigenvalue weighted by Gasteiger charge is 2.24. The molecule has 172 valence electrons. The molecular weight excluding hydrogens is 442 g/mol. The predicted molar refractivity (Wildman–Crippen MR) is 111 cm³/mol. The van der Waals surface area contributed by atoms with Crippen LogP contribution in [0, 0.1) is 13.8 Å². The number of hydrogen-bond donors (Lipinski definition) is 1. The monoisotopic (exact) mass is 461 g/mol. The first-order valence-corrected chi connectivity index (χ1v) is 9.91. The summed E-state index contributed by atoms with van der Waals surface area (Å²) in [5, 5.41) is 10.7. The second kappa shape index (κ2) is 8.96. The normalized spacial score (nSPS) is 11.6. The van der Waals surface area contributed by atoms with Gasteiger partial charge in [0.05, 0.1) is 17.6 Å². The third-order valence-electron chi connectivity index (χ3n) is 5.06. The molecule has 0 saturated carbocycles. The van der Waals surface area contributed by atoms with Gasteiger partial charge in [0.15, 0.2) is 5.65 Å². The predicted octanol–water partition coefficient (Wildman–Crippen LogP) is 4.20. The van der Waals surface area contributed by atoms with Crippen molar-refractivity contribution in [3.05, 3.63) is 64.7 Å². The number of carbonyl (C=O) groups is 1. The Bertz CT molecular complexity index is 1320. The van der Waals surface area contributed by atoms with Crippen molar-refractivity contribution in [1.29, 1.82) is 0 Å². The Kier molecular flexibility index (Phi) is 6.07. The average molecular weight is 461 g/mol. The first-order chi connectivity index (χ1) is 15.7. The molecule has 0 bridgehead atoms. The van der Waals surface area contributed by atoms with Gasteiger partial charge in [0, 0.05) is 5.56 Å². The summed E-state index contributed by atoms with van der Waals surface area (Å²) in [6, 6.07) is 8.43. The summed E-state index contributed by atoms with van der Waals surface area (Å²) in [5.74, 6) is -0.577. The molecule has 8 nitrogen and oxygen atoms in total. The number of benzene rings is 1. The van der Waals surface area contributed by atoms with Gasteiger partial charge in [-0.25, -0.2) is 36.9 Å². The fourth-order valence-corrected chi connectivity index (χ4v) is 3.49. The van der Waals surface area contributed by atoms with Crippen molar-refractivity contribution < 1.29 is 22.4 Å². The molecule has 1 N–H and O–H groups in total. The number of halogens is 4. The lowest BCUT2D eigenvalue weighted by atomic mass is 10.1. The van der Waals surface area contributed by atoms with Gasteiger partial charge in [-0.15, -0.1) is 5.10 Å². The standard InChI is InChI=1S/C21H19F4N7O/c1-11-5-3-4-6-13(11)8-31-10-26-21(30-31)28-16(33)9-32-20-17(12(2)29-32)14(18(22)23)7-15(27-20)19(24)25/h3-7,10,18-19H,8-9H2,1-2H3,(H,28,30,33). The molecule has 0 fully saturated rings. The lowest BCUT2D eigenvalue weighted by Crippen LogP contribution is -2.21. The molecule has 1 aromatic carbocycles. The quantitative estimate of drug-likeness (QED) is 0.417. The van der Waals surface area contributed by atoms with Crippen LogP contribution in [0.3, 0.4) is 0 Å². The molecule has 12 heteroatoms. The summed E-state index contributed by atoms with van der Waals surface area (Å²) >= 11 is 0. The molecule has 4 aromatic rings. The van der Waals surface area contributed by atoms with E-state index >= 15 is 0 Å². The summed E-state index contributed by atoms with van der Waals surface area (Å²) in [4.78, 5) is 20.3. The minimum absolute atomic E-state index is 0.0382. The molecule has 4 rings (SSSR count). The van der Waals surface area contributed by atoms with Crippen molar-refractivity contribution in [3.63, 3.8) is 0 Å². The van der Waals surface area contributed by atoms with E-state index in [-0.39, 0.29) is 22.7 Å². The molecule has 0 radical (unpaired) electrons. The molecule has 0 aliphatic carbocycles. The highest BCUT2D eigenvalue weighted by atomic mass is 19.3. The summed E-state index contributed by atoms with van der Waals surface area (Å²) < 4.78 is 55.8. The van der Waals surface area contributed by atoms with Gasteiger partial charge in [-0.3, -0.25) is 10.1 Å². The second-order valence-corrected chi connectivity index (χ2v) is 7.42. The van der Waals surface area contributed by atoms with Crippen molar-refractivity contribution in [2.75, 3.05) is 5.32 Å². The zero-order valence-electron chi connectivity index (χ0n) is 17.6. The van der Waals surface area contributed by atoms with Crippen LogP contribution < -0.4 is 5.32 Å². The van der Waals surface area contributed by atoms with Crippen LogP contribution >= 0.6 is 0 Å². The molecule has 0 aliphatic heterocycles. The number of alkyl halides is 4. The second-order valence-electron chi connectivity index (χ2n) is 7.42. The number of rotatable bonds is 7. The Labute approximate surface area is 185 Å². The van der Waals surface area contributed by atoms with Crippen molar-refractivity contribution >= 4 is 22.9 Å². The van der Waals surface area contributed by atoms with Crippen molar-refractivity contribution in [2.24, 2.45) is 0 Å². The number of nitrogens with one attached hydrogen (secondary N) is 1. The van der Waals surface area contributed by atoms with E-state index in [0.29, 0.717) is 12.6 Å². The maximum atomic E-state index is 13.5. The van der Waals surface area contributed by atoms with Crippen LogP contribution in [0.5, 0.6) is 0 Å². The van der Waals surface area contributed by atoms with Gasteiger partial charge in [0.25, 0.3) is 12.9 Å². The third-order valence-corrected chi connectivity index (χ3v) is 5.06. The van der Waals surface area contributed by atoms with E-state index in [9.17, 15) is 22.4 Å². The van der Waals surface area contributed by atoms with Gasteiger partial charge in [0.1, 0.15) is 18.6 Å². The fraction of sp³-hybridized carbons (Fsp3) is 0.286. The smallest absolute Gasteiger partial charge is 0.280 e. The molecular formula is C21H19F4N7O. The zero-order valence-corrected chi connectivity index (χ0v) is 17.6. The molecule has 0 aliphatic rings. The van der Waals surface area contributed by atoms with Crippen LogP contribution in [0.2, 0.25) is 0 Å². The summed E-state index contributed by atoms with van der Waals surface area (Å²) in [6.07, 6.45) is -4.59. The Morgan fingerprint density at radius 3 is 2.55 bits per heavy atom.